The molecule has 0 unspecified atom stereocenters. The third-order valence-electron chi connectivity index (χ3n) is 2.56. The minimum absolute atomic E-state index is 0.0849. The van der Waals surface area contributed by atoms with Gasteiger partial charge in [-0.3, -0.25) is 4.79 Å². The normalized spacial score (nSPS) is 10.2. The number of ether oxygens (including phenoxy) is 1. The average molecular weight is 293 g/mol. The number of rotatable bonds is 5. The van der Waals surface area contributed by atoms with Crippen LogP contribution in [0, 0.1) is 5.82 Å². The second-order valence-corrected chi connectivity index (χ2v) is 4.04. The minimum Gasteiger partial charge on any atom is -0.491 e. The van der Waals surface area contributed by atoms with Crippen LogP contribution in [0.15, 0.2) is 34.9 Å². The summed E-state index contributed by atoms with van der Waals surface area (Å²) in [6.45, 7) is 2.05. The molecule has 0 spiro atoms. The van der Waals surface area contributed by atoms with Crippen molar-refractivity contribution in [3.05, 3.63) is 47.7 Å². The van der Waals surface area contributed by atoms with Crippen LogP contribution in [0.25, 0.3) is 0 Å². The summed E-state index contributed by atoms with van der Waals surface area (Å²) in [5.41, 5.74) is 0.0623. The van der Waals surface area contributed by atoms with Gasteiger partial charge in [0.05, 0.1) is 12.2 Å². The smallest absolute Gasteiger partial charge is 0.338 e. The third-order valence-corrected chi connectivity index (χ3v) is 2.56. The summed E-state index contributed by atoms with van der Waals surface area (Å²) in [6, 6.07) is 5.04. The van der Waals surface area contributed by atoms with Crippen LogP contribution in [-0.2, 0) is 0 Å². The van der Waals surface area contributed by atoms with Gasteiger partial charge in [-0.1, -0.05) is 0 Å². The topological polar surface area (TPSA) is 88.8 Å². The maximum Gasteiger partial charge on any atom is 0.338 e. The van der Waals surface area contributed by atoms with Crippen LogP contribution in [0.5, 0.6) is 5.75 Å². The van der Waals surface area contributed by atoms with Crippen LogP contribution in [0.1, 0.15) is 27.8 Å². The predicted molar refractivity (Wildman–Crippen MR) is 71.2 cm³/mol. The number of carboxylic acids is 1. The average Bonchev–Trinajstić information content (AvgIpc) is 2.92. The highest BCUT2D eigenvalue weighted by atomic mass is 19.1. The number of hydrogen-bond donors (Lipinski definition) is 2. The van der Waals surface area contributed by atoms with Crippen molar-refractivity contribution in [3.63, 3.8) is 0 Å². The molecular formula is C14H12FNO5. The first kappa shape index (κ1) is 14.6. The number of furan rings is 1. The number of nitrogens with one attached hydrogen (secondary N) is 1. The van der Waals surface area contributed by atoms with E-state index >= 15 is 0 Å². The molecule has 0 saturated carbocycles. The summed E-state index contributed by atoms with van der Waals surface area (Å²) in [5.74, 6) is -2.58. The van der Waals surface area contributed by atoms with Gasteiger partial charge >= 0.3 is 5.97 Å². The van der Waals surface area contributed by atoms with Crippen molar-refractivity contribution < 1.29 is 28.2 Å². The lowest BCUT2D eigenvalue weighted by Gasteiger charge is -2.07. The molecule has 1 aromatic carbocycles. The van der Waals surface area contributed by atoms with Crippen LogP contribution >= 0.6 is 0 Å². The molecule has 7 heteroatoms. The van der Waals surface area contributed by atoms with Crippen molar-refractivity contribution in [1.82, 2.24) is 0 Å². The lowest BCUT2D eigenvalue weighted by molar-refractivity contribution is 0.0696. The molecule has 1 amide bonds. The highest BCUT2D eigenvalue weighted by molar-refractivity contribution is 6.03. The number of benzene rings is 1. The summed E-state index contributed by atoms with van der Waals surface area (Å²) in [7, 11) is 0. The Morgan fingerprint density at radius 3 is 2.71 bits per heavy atom. The molecule has 0 aliphatic rings. The molecule has 110 valence electrons. The van der Waals surface area contributed by atoms with E-state index in [-0.39, 0.29) is 22.8 Å². The Morgan fingerprint density at radius 2 is 2.14 bits per heavy atom. The number of carbonyl (C=O) groups excluding carboxylic acids is 1. The van der Waals surface area contributed by atoms with Crippen molar-refractivity contribution in [1.29, 1.82) is 0 Å². The number of halogens is 1. The number of anilines is 1. The maximum atomic E-state index is 13.6. The minimum atomic E-state index is -1.20. The molecular weight excluding hydrogens is 281 g/mol. The molecule has 0 bridgehead atoms. The van der Waals surface area contributed by atoms with Gasteiger partial charge in [-0.25, -0.2) is 9.18 Å². The van der Waals surface area contributed by atoms with Crippen LogP contribution in [0.4, 0.5) is 10.1 Å². The molecule has 0 saturated heterocycles. The molecule has 2 aromatic rings. The first-order valence-electron chi connectivity index (χ1n) is 6.06. The molecule has 0 aliphatic heterocycles. The number of carbonyl (C=O) groups is 2. The van der Waals surface area contributed by atoms with Gasteiger partial charge in [0.25, 0.3) is 5.91 Å². The Bertz CT molecular complexity index is 680. The van der Waals surface area contributed by atoms with E-state index < -0.39 is 17.7 Å². The third kappa shape index (κ3) is 3.38. The number of carboxylic acid groups (broad SMARTS) is 1. The van der Waals surface area contributed by atoms with Gasteiger partial charge in [-0.05, 0) is 19.1 Å². The SMILES string of the molecule is CCOc1ccc(NC(=O)c2cc(C(=O)O)co2)cc1F. The van der Waals surface area contributed by atoms with Crippen molar-refractivity contribution >= 4 is 17.6 Å². The van der Waals surface area contributed by atoms with E-state index in [4.69, 9.17) is 14.3 Å². The highest BCUT2D eigenvalue weighted by Crippen LogP contribution is 2.21. The Hall–Kier alpha value is -2.83. The summed E-state index contributed by atoms with van der Waals surface area (Å²) in [6.07, 6.45) is 0.954. The first-order valence-corrected chi connectivity index (χ1v) is 6.06. The zero-order chi connectivity index (χ0) is 15.4. The molecule has 0 atom stereocenters. The molecule has 1 aromatic heterocycles. The van der Waals surface area contributed by atoms with Crippen LogP contribution < -0.4 is 10.1 Å². The van der Waals surface area contributed by atoms with Gasteiger partial charge in [0.15, 0.2) is 17.3 Å². The van der Waals surface area contributed by atoms with E-state index in [0.29, 0.717) is 6.61 Å². The molecule has 21 heavy (non-hydrogen) atoms. The Kier molecular flexibility index (Phi) is 4.22. The second kappa shape index (κ2) is 6.08. The van der Waals surface area contributed by atoms with E-state index in [9.17, 15) is 14.0 Å². The largest absolute Gasteiger partial charge is 0.491 e. The van der Waals surface area contributed by atoms with Gasteiger partial charge in [-0.2, -0.15) is 0 Å². The van der Waals surface area contributed by atoms with E-state index in [1.54, 1.807) is 6.92 Å². The lowest BCUT2D eigenvalue weighted by Crippen LogP contribution is -2.11. The molecule has 0 radical (unpaired) electrons. The summed E-state index contributed by atoms with van der Waals surface area (Å²) in [4.78, 5) is 22.5. The lowest BCUT2D eigenvalue weighted by atomic mass is 10.2. The summed E-state index contributed by atoms with van der Waals surface area (Å²) < 4.78 is 23.5. The van der Waals surface area contributed by atoms with Crippen molar-refractivity contribution in [3.8, 4) is 5.75 Å². The quantitative estimate of drug-likeness (QED) is 0.884. The van der Waals surface area contributed by atoms with Gasteiger partial charge in [0, 0.05) is 17.8 Å². The maximum absolute atomic E-state index is 13.6. The standard InChI is InChI=1S/C14H12FNO5/c1-2-20-11-4-3-9(6-10(11)15)16-13(17)12-5-8(7-21-12)14(18)19/h3-7H,2H2,1H3,(H,16,17)(H,18,19). The van der Waals surface area contributed by atoms with E-state index in [1.165, 1.54) is 12.1 Å². The highest BCUT2D eigenvalue weighted by Gasteiger charge is 2.15. The summed E-state index contributed by atoms with van der Waals surface area (Å²) >= 11 is 0. The fourth-order valence-corrected chi connectivity index (χ4v) is 1.61. The fourth-order valence-electron chi connectivity index (χ4n) is 1.61. The van der Waals surface area contributed by atoms with E-state index in [1.807, 2.05) is 0 Å². The van der Waals surface area contributed by atoms with E-state index in [0.717, 1.165) is 18.4 Å². The van der Waals surface area contributed by atoms with Crippen LogP contribution in [0.2, 0.25) is 0 Å². The van der Waals surface area contributed by atoms with Gasteiger partial charge in [-0.15, -0.1) is 0 Å². The molecule has 2 rings (SSSR count). The zero-order valence-corrected chi connectivity index (χ0v) is 11.1. The predicted octanol–water partition coefficient (Wildman–Crippen LogP) is 2.77. The van der Waals surface area contributed by atoms with E-state index in [2.05, 4.69) is 5.32 Å². The van der Waals surface area contributed by atoms with Crippen LogP contribution in [0.3, 0.4) is 0 Å². The van der Waals surface area contributed by atoms with Crippen LogP contribution in [-0.4, -0.2) is 23.6 Å². The number of aromatic carboxylic acids is 1. The Morgan fingerprint density at radius 1 is 1.38 bits per heavy atom. The van der Waals surface area contributed by atoms with Gasteiger partial charge in [0.2, 0.25) is 0 Å². The van der Waals surface area contributed by atoms with Gasteiger partial charge < -0.3 is 19.6 Å². The Balaban J connectivity index is 2.11. The number of hydrogen-bond acceptors (Lipinski definition) is 4. The Labute approximate surface area is 119 Å². The molecule has 6 nitrogen and oxygen atoms in total. The zero-order valence-electron chi connectivity index (χ0n) is 11.1. The molecule has 2 N–H and O–H groups in total. The number of amides is 1. The summed E-state index contributed by atoms with van der Waals surface area (Å²) in [5, 5.41) is 11.1. The molecule has 0 aliphatic carbocycles. The molecule has 0 fully saturated rings. The first-order chi connectivity index (χ1) is 10.0. The second-order valence-electron chi connectivity index (χ2n) is 4.04. The van der Waals surface area contributed by atoms with Crippen molar-refractivity contribution in [2.45, 2.75) is 6.92 Å². The van der Waals surface area contributed by atoms with Gasteiger partial charge in [0.1, 0.15) is 6.26 Å². The fraction of sp³-hybridized carbons (Fsp3) is 0.143. The van der Waals surface area contributed by atoms with Crippen molar-refractivity contribution in [2.24, 2.45) is 0 Å². The molecule has 1 heterocycles. The monoisotopic (exact) mass is 293 g/mol. The van der Waals surface area contributed by atoms with Crippen molar-refractivity contribution in [2.75, 3.05) is 11.9 Å².